The summed E-state index contributed by atoms with van der Waals surface area (Å²) in [4.78, 5) is 51.3. The number of furan rings is 1. The maximum atomic E-state index is 14.0. The van der Waals surface area contributed by atoms with Crippen molar-refractivity contribution in [3.05, 3.63) is 77.0 Å². The number of hydrogen-bond donors (Lipinski definition) is 3. The molecule has 2 aliphatic rings. The van der Waals surface area contributed by atoms with Gasteiger partial charge in [0, 0.05) is 35.9 Å². The Kier molecular flexibility index (Phi) is 11.3. The van der Waals surface area contributed by atoms with Crippen molar-refractivity contribution in [2.75, 3.05) is 19.0 Å². The lowest BCUT2D eigenvalue weighted by Gasteiger charge is -2.40. The summed E-state index contributed by atoms with van der Waals surface area (Å²) in [6.07, 6.45) is 10.6. The molecule has 10 heteroatoms. The van der Waals surface area contributed by atoms with E-state index in [0.29, 0.717) is 34.9 Å². The number of nitrogens with zero attached hydrogens (tertiary/aromatic N) is 1. The van der Waals surface area contributed by atoms with Crippen LogP contribution in [0.15, 0.2) is 59.0 Å². The molecule has 2 saturated carbocycles. The number of aliphatic carboxylic acids is 1. The highest BCUT2D eigenvalue weighted by atomic mass is 16.5. The Hall–Kier alpha value is -4.60. The highest BCUT2D eigenvalue weighted by molar-refractivity contribution is 5.94. The normalized spacial score (nSPS) is 18.3. The van der Waals surface area contributed by atoms with Crippen LogP contribution in [0.25, 0.3) is 11.3 Å². The van der Waals surface area contributed by atoms with Crippen molar-refractivity contribution in [3.63, 3.8) is 0 Å². The summed E-state index contributed by atoms with van der Waals surface area (Å²) in [5, 5.41) is 14.6. The molecule has 1 heterocycles. The van der Waals surface area contributed by atoms with E-state index >= 15 is 0 Å². The number of anilines is 1. The molecule has 250 valence electrons. The number of nitrogens with one attached hydrogen (secondary N) is 2. The quantitative estimate of drug-likeness (QED) is 0.185. The van der Waals surface area contributed by atoms with Crippen LogP contribution in [0, 0.1) is 18.8 Å². The lowest BCUT2D eigenvalue weighted by Crippen LogP contribution is -2.44. The van der Waals surface area contributed by atoms with Crippen LogP contribution in [0.2, 0.25) is 0 Å². The Morgan fingerprint density at radius 1 is 0.915 bits per heavy atom. The molecule has 0 radical (unpaired) electrons. The van der Waals surface area contributed by atoms with Gasteiger partial charge in [0.15, 0.2) is 0 Å². The van der Waals surface area contributed by atoms with Crippen molar-refractivity contribution in [1.82, 2.24) is 10.2 Å². The number of carbonyl (C=O) groups is 4. The third-order valence-electron chi connectivity index (χ3n) is 9.67. The van der Waals surface area contributed by atoms with Crippen molar-refractivity contribution in [2.45, 2.75) is 83.7 Å². The first-order valence-electron chi connectivity index (χ1n) is 16.7. The van der Waals surface area contributed by atoms with Crippen LogP contribution in [-0.2, 0) is 16.1 Å². The number of carboxylic acid groups (broad SMARTS) is 1. The van der Waals surface area contributed by atoms with Crippen LogP contribution in [-0.4, -0.2) is 53.6 Å². The summed E-state index contributed by atoms with van der Waals surface area (Å²) in [6.45, 7) is 2.15. The van der Waals surface area contributed by atoms with Gasteiger partial charge in [-0.15, -0.1) is 0 Å². The molecule has 5 rings (SSSR count). The van der Waals surface area contributed by atoms with E-state index in [2.05, 4.69) is 10.6 Å². The van der Waals surface area contributed by atoms with Gasteiger partial charge in [0.05, 0.1) is 13.5 Å². The minimum Gasteiger partial charge on any atom is -0.481 e. The first-order valence-corrected chi connectivity index (χ1v) is 16.7. The fraction of sp³-hybridized carbons (Fsp3) is 0.459. The smallest absolute Gasteiger partial charge is 0.341 e. The largest absolute Gasteiger partial charge is 0.481 e. The molecule has 2 fully saturated rings. The van der Waals surface area contributed by atoms with Gasteiger partial charge in [-0.3, -0.25) is 9.59 Å². The summed E-state index contributed by atoms with van der Waals surface area (Å²) in [5.74, 6) is 0.709. The lowest BCUT2D eigenvalue weighted by atomic mass is 9.72. The number of hydrogen-bond acceptors (Lipinski definition) is 6. The number of methoxy groups -OCH3 is 1. The van der Waals surface area contributed by atoms with Crippen LogP contribution in [0.3, 0.4) is 0 Å². The topological polar surface area (TPSA) is 138 Å². The van der Waals surface area contributed by atoms with Crippen LogP contribution < -0.4 is 10.6 Å². The minimum absolute atomic E-state index is 0.0561. The molecule has 1 aromatic heterocycles. The lowest BCUT2D eigenvalue weighted by molar-refractivity contribution is -0.136. The number of urea groups is 1. The molecule has 3 aromatic rings. The second-order valence-electron chi connectivity index (χ2n) is 12.8. The molecule has 3 amide bonds. The van der Waals surface area contributed by atoms with Gasteiger partial charge in [0.1, 0.15) is 17.1 Å². The van der Waals surface area contributed by atoms with Crippen LogP contribution in [0.1, 0.15) is 96.2 Å². The molecular weight excluding hydrogens is 598 g/mol. The Morgan fingerprint density at radius 2 is 1.62 bits per heavy atom. The zero-order chi connectivity index (χ0) is 33.3. The van der Waals surface area contributed by atoms with E-state index in [4.69, 9.17) is 14.3 Å². The minimum atomic E-state index is -0.970. The van der Waals surface area contributed by atoms with Gasteiger partial charge >= 0.3 is 18.0 Å². The molecule has 47 heavy (non-hydrogen) atoms. The van der Waals surface area contributed by atoms with Gasteiger partial charge in [0.2, 0.25) is 0 Å². The number of benzene rings is 2. The number of carbonyl (C=O) groups excluding carboxylic acids is 3. The van der Waals surface area contributed by atoms with Gasteiger partial charge in [-0.05, 0) is 80.3 Å². The van der Waals surface area contributed by atoms with E-state index in [1.807, 2.05) is 41.3 Å². The summed E-state index contributed by atoms with van der Waals surface area (Å²) in [7, 11) is 1.33. The van der Waals surface area contributed by atoms with E-state index in [1.54, 1.807) is 25.1 Å². The highest BCUT2D eigenvalue weighted by Crippen LogP contribution is 2.40. The van der Waals surface area contributed by atoms with Gasteiger partial charge < -0.3 is 29.8 Å². The van der Waals surface area contributed by atoms with Crippen LogP contribution in [0.5, 0.6) is 0 Å². The number of aryl methyl sites for hydroxylation is 1. The van der Waals surface area contributed by atoms with Gasteiger partial charge in [-0.1, -0.05) is 56.4 Å². The Bertz CT molecular complexity index is 1550. The van der Waals surface area contributed by atoms with Crippen molar-refractivity contribution < 1.29 is 33.4 Å². The standard InChI is InChI=1S/C37H45N3O7/c1-24-32(36(44)46-2)22-33(47-24)29-9-6-10-30(21-29)39-37(45)40(31-17-15-27(16-18-31)26-7-4-3-5-8-26)23-25-11-13-28(14-12-25)35(43)38-20-19-34(41)42/h6,9-14,21-22,26-27,31H,3-5,7-8,15-20,23H2,1-2H3,(H,38,43)(H,39,45)(H,41,42)/t27-,31-. The highest BCUT2D eigenvalue weighted by Gasteiger charge is 2.33. The molecule has 10 nitrogen and oxygen atoms in total. The summed E-state index contributed by atoms with van der Waals surface area (Å²) in [5.41, 5.74) is 3.01. The Balaban J connectivity index is 1.31. The van der Waals surface area contributed by atoms with E-state index < -0.39 is 11.9 Å². The van der Waals surface area contributed by atoms with Crippen molar-refractivity contribution in [3.8, 4) is 11.3 Å². The first-order chi connectivity index (χ1) is 22.7. The van der Waals surface area contributed by atoms with E-state index in [9.17, 15) is 19.2 Å². The van der Waals surface area contributed by atoms with Crippen LogP contribution in [0.4, 0.5) is 10.5 Å². The summed E-state index contributed by atoms with van der Waals surface area (Å²) in [6, 6.07) is 16.0. The van der Waals surface area contributed by atoms with Crippen molar-refractivity contribution >= 4 is 29.6 Å². The second-order valence-corrected chi connectivity index (χ2v) is 12.8. The van der Waals surface area contributed by atoms with E-state index in [0.717, 1.165) is 48.6 Å². The number of rotatable bonds is 11. The van der Waals surface area contributed by atoms with Crippen LogP contribution >= 0.6 is 0 Å². The SMILES string of the molecule is COC(=O)c1cc(-c2cccc(NC(=O)N(Cc3ccc(C(=O)NCCC(=O)O)cc3)[C@H]3CC[C@H](C4CCCCC4)CC3)c2)oc1C. The average molecular weight is 644 g/mol. The molecule has 0 spiro atoms. The fourth-order valence-electron chi connectivity index (χ4n) is 7.08. The van der Waals surface area contributed by atoms with Gasteiger partial charge in [-0.2, -0.15) is 0 Å². The Labute approximate surface area is 275 Å². The third-order valence-corrected chi connectivity index (χ3v) is 9.67. The van der Waals surface area contributed by atoms with E-state index in [1.165, 1.54) is 39.2 Å². The van der Waals surface area contributed by atoms with E-state index in [-0.39, 0.29) is 30.9 Å². The summed E-state index contributed by atoms with van der Waals surface area (Å²) >= 11 is 0. The molecule has 3 N–H and O–H groups in total. The number of carboxylic acids is 1. The van der Waals surface area contributed by atoms with Crippen molar-refractivity contribution in [1.29, 1.82) is 0 Å². The predicted molar refractivity (Wildman–Crippen MR) is 178 cm³/mol. The summed E-state index contributed by atoms with van der Waals surface area (Å²) < 4.78 is 10.7. The predicted octanol–water partition coefficient (Wildman–Crippen LogP) is 7.42. The second kappa shape index (κ2) is 15.8. The number of amides is 3. The monoisotopic (exact) mass is 643 g/mol. The zero-order valence-electron chi connectivity index (χ0n) is 27.3. The third kappa shape index (κ3) is 8.81. The molecule has 0 atom stereocenters. The molecule has 0 unspecified atom stereocenters. The number of ether oxygens (including phenoxy) is 1. The average Bonchev–Trinajstić information content (AvgIpc) is 3.49. The molecule has 0 aliphatic heterocycles. The molecule has 0 bridgehead atoms. The Morgan fingerprint density at radius 3 is 2.30 bits per heavy atom. The molecular formula is C37H45N3O7. The van der Waals surface area contributed by atoms with Crippen molar-refractivity contribution in [2.24, 2.45) is 11.8 Å². The first kappa shape index (κ1) is 33.8. The fourth-order valence-corrected chi connectivity index (χ4v) is 7.08. The molecule has 0 saturated heterocycles. The molecule has 2 aromatic carbocycles. The maximum absolute atomic E-state index is 14.0. The zero-order valence-corrected chi connectivity index (χ0v) is 27.3. The number of esters is 1. The molecule has 2 aliphatic carbocycles. The van der Waals surface area contributed by atoms with Gasteiger partial charge in [0.25, 0.3) is 5.91 Å². The maximum Gasteiger partial charge on any atom is 0.341 e. The van der Waals surface area contributed by atoms with Gasteiger partial charge in [-0.25, -0.2) is 9.59 Å².